The van der Waals surface area contributed by atoms with E-state index in [-0.39, 0.29) is 17.1 Å². The molecule has 0 spiro atoms. The summed E-state index contributed by atoms with van der Waals surface area (Å²) < 4.78 is 11.1. The Kier molecular flexibility index (Phi) is 6.93. The number of nitro benzene ring substituents is 2. The average Bonchev–Trinajstić information content (AvgIpc) is 2.73. The lowest BCUT2D eigenvalue weighted by Crippen LogP contribution is -2.38. The zero-order chi connectivity index (χ0) is 20.6. The summed E-state index contributed by atoms with van der Waals surface area (Å²) in [5.41, 5.74) is 0.441. The molecule has 2 aromatic carbocycles. The van der Waals surface area contributed by atoms with Crippen molar-refractivity contribution in [1.82, 2.24) is 4.90 Å². The number of hydrogen-bond acceptors (Lipinski definition) is 8. The Morgan fingerprint density at radius 2 is 1.86 bits per heavy atom. The van der Waals surface area contributed by atoms with Crippen LogP contribution in [0.4, 0.5) is 17.1 Å². The van der Waals surface area contributed by atoms with Crippen LogP contribution in [0, 0.1) is 20.2 Å². The number of nitrogens with zero attached hydrogens (tertiary/aromatic N) is 3. The highest BCUT2D eigenvalue weighted by Crippen LogP contribution is 2.29. The molecule has 3 rings (SSSR count). The third-order valence-corrected chi connectivity index (χ3v) is 4.55. The Morgan fingerprint density at radius 3 is 2.59 bits per heavy atom. The average molecular weight is 402 g/mol. The van der Waals surface area contributed by atoms with Crippen LogP contribution in [0.5, 0.6) is 5.75 Å². The zero-order valence-electron chi connectivity index (χ0n) is 15.8. The molecule has 10 heteroatoms. The van der Waals surface area contributed by atoms with Crippen molar-refractivity contribution >= 4 is 17.1 Å². The number of hydrogen-bond donors (Lipinski definition) is 1. The van der Waals surface area contributed by atoms with Crippen LogP contribution >= 0.6 is 0 Å². The molecule has 29 heavy (non-hydrogen) atoms. The third-order valence-electron chi connectivity index (χ3n) is 4.55. The molecular weight excluding hydrogens is 380 g/mol. The summed E-state index contributed by atoms with van der Waals surface area (Å²) >= 11 is 0. The molecule has 0 aromatic heterocycles. The van der Waals surface area contributed by atoms with Crippen molar-refractivity contribution in [3.05, 3.63) is 68.3 Å². The maximum absolute atomic E-state index is 11.2. The van der Waals surface area contributed by atoms with Gasteiger partial charge < -0.3 is 14.8 Å². The van der Waals surface area contributed by atoms with Crippen molar-refractivity contribution in [3.8, 4) is 5.75 Å². The van der Waals surface area contributed by atoms with Crippen molar-refractivity contribution < 1.29 is 19.3 Å². The normalized spacial score (nSPS) is 14.3. The lowest BCUT2D eigenvalue weighted by Gasteiger charge is -2.26. The second-order valence-corrected chi connectivity index (χ2v) is 6.52. The van der Waals surface area contributed by atoms with E-state index < -0.39 is 9.85 Å². The van der Waals surface area contributed by atoms with Crippen molar-refractivity contribution in [1.29, 1.82) is 0 Å². The standard InChI is InChI=1S/C19H22N4O6/c24-22(25)16-4-5-18(19(13-16)23(26)27)20-14-15-2-1-3-17(12-15)29-11-8-21-6-9-28-10-7-21/h1-5,12-13,20H,6-11,14H2. The van der Waals surface area contributed by atoms with Gasteiger partial charge in [-0.3, -0.25) is 25.1 Å². The van der Waals surface area contributed by atoms with Gasteiger partial charge in [0.1, 0.15) is 18.0 Å². The van der Waals surface area contributed by atoms with E-state index in [9.17, 15) is 20.2 Å². The number of nitro groups is 2. The second-order valence-electron chi connectivity index (χ2n) is 6.52. The fourth-order valence-corrected chi connectivity index (χ4v) is 2.99. The molecule has 1 aliphatic heterocycles. The minimum atomic E-state index is -0.658. The summed E-state index contributed by atoms with van der Waals surface area (Å²) in [5, 5.41) is 25.0. The Bertz CT molecular complexity index is 870. The maximum atomic E-state index is 11.2. The summed E-state index contributed by atoms with van der Waals surface area (Å²) in [6.07, 6.45) is 0. The van der Waals surface area contributed by atoms with Crippen molar-refractivity contribution in [2.75, 3.05) is 44.8 Å². The summed E-state index contributed by atoms with van der Waals surface area (Å²) in [4.78, 5) is 23.0. The van der Waals surface area contributed by atoms with Crippen LogP contribution < -0.4 is 10.1 Å². The van der Waals surface area contributed by atoms with E-state index in [1.54, 1.807) is 0 Å². The molecule has 154 valence electrons. The number of ether oxygens (including phenoxy) is 2. The quantitative estimate of drug-likeness (QED) is 0.502. The third kappa shape index (κ3) is 5.87. The van der Waals surface area contributed by atoms with Crippen LogP contribution in [0.15, 0.2) is 42.5 Å². The van der Waals surface area contributed by atoms with Gasteiger partial charge in [-0.1, -0.05) is 12.1 Å². The fraction of sp³-hybridized carbons (Fsp3) is 0.368. The highest BCUT2D eigenvalue weighted by atomic mass is 16.6. The SMILES string of the molecule is O=[N+]([O-])c1ccc(NCc2cccc(OCCN3CCOCC3)c2)c([N+](=O)[O-])c1. The van der Waals surface area contributed by atoms with Crippen LogP contribution in [-0.2, 0) is 11.3 Å². The van der Waals surface area contributed by atoms with Gasteiger partial charge in [0.2, 0.25) is 0 Å². The van der Waals surface area contributed by atoms with Gasteiger partial charge in [0, 0.05) is 32.2 Å². The van der Waals surface area contributed by atoms with Crippen LogP contribution in [-0.4, -0.2) is 54.2 Å². The first kappa shape index (κ1) is 20.5. The number of non-ortho nitro benzene ring substituents is 1. The predicted molar refractivity (Wildman–Crippen MR) is 106 cm³/mol. The molecule has 0 atom stereocenters. The summed E-state index contributed by atoms with van der Waals surface area (Å²) in [6, 6.07) is 11.0. The fourth-order valence-electron chi connectivity index (χ4n) is 2.99. The highest BCUT2D eigenvalue weighted by Gasteiger charge is 2.19. The molecule has 10 nitrogen and oxygen atoms in total. The molecule has 1 N–H and O–H groups in total. The molecule has 2 aromatic rings. The first-order valence-electron chi connectivity index (χ1n) is 9.21. The van der Waals surface area contributed by atoms with E-state index in [0.29, 0.717) is 13.2 Å². The molecule has 0 aliphatic carbocycles. The van der Waals surface area contributed by atoms with Gasteiger partial charge >= 0.3 is 0 Å². The topological polar surface area (TPSA) is 120 Å². The van der Waals surface area contributed by atoms with Gasteiger partial charge in [0.25, 0.3) is 11.4 Å². The van der Waals surface area contributed by atoms with Crippen LogP contribution in [0.1, 0.15) is 5.56 Å². The Balaban J connectivity index is 1.57. The van der Waals surface area contributed by atoms with E-state index in [1.165, 1.54) is 12.1 Å². The van der Waals surface area contributed by atoms with E-state index in [4.69, 9.17) is 9.47 Å². The summed E-state index contributed by atoms with van der Waals surface area (Å²) in [7, 11) is 0. The molecule has 1 saturated heterocycles. The zero-order valence-corrected chi connectivity index (χ0v) is 15.8. The molecule has 0 bridgehead atoms. The molecule has 1 aliphatic rings. The highest BCUT2D eigenvalue weighted by molar-refractivity contribution is 5.65. The Morgan fingerprint density at radius 1 is 1.07 bits per heavy atom. The first-order chi connectivity index (χ1) is 14.0. The van der Waals surface area contributed by atoms with Crippen LogP contribution in [0.3, 0.4) is 0 Å². The van der Waals surface area contributed by atoms with E-state index >= 15 is 0 Å². The van der Waals surface area contributed by atoms with Gasteiger partial charge in [-0.05, 0) is 23.8 Å². The summed E-state index contributed by atoms with van der Waals surface area (Å²) in [5.74, 6) is 0.718. The molecule has 0 amide bonds. The number of benzene rings is 2. The smallest absolute Gasteiger partial charge is 0.299 e. The van der Waals surface area contributed by atoms with Crippen LogP contribution in [0.2, 0.25) is 0 Å². The molecule has 0 unspecified atom stereocenters. The lowest BCUT2D eigenvalue weighted by molar-refractivity contribution is -0.393. The second kappa shape index (κ2) is 9.80. The monoisotopic (exact) mass is 402 g/mol. The van der Waals surface area contributed by atoms with Gasteiger partial charge in [0.15, 0.2) is 0 Å². The number of rotatable bonds is 9. The maximum Gasteiger partial charge on any atom is 0.299 e. The predicted octanol–water partition coefficient (Wildman–Crippen LogP) is 2.83. The van der Waals surface area contributed by atoms with Gasteiger partial charge in [-0.25, -0.2) is 0 Å². The van der Waals surface area contributed by atoms with Gasteiger partial charge in [-0.2, -0.15) is 0 Å². The van der Waals surface area contributed by atoms with E-state index in [0.717, 1.165) is 50.2 Å². The molecular formula is C19H22N4O6. The van der Waals surface area contributed by atoms with E-state index in [1.807, 2.05) is 24.3 Å². The first-order valence-corrected chi connectivity index (χ1v) is 9.21. The van der Waals surface area contributed by atoms with Crippen molar-refractivity contribution in [2.24, 2.45) is 0 Å². The minimum Gasteiger partial charge on any atom is -0.492 e. The van der Waals surface area contributed by atoms with Gasteiger partial charge in [0.05, 0.1) is 29.1 Å². The Hall–Kier alpha value is -3.24. The minimum absolute atomic E-state index is 0.222. The molecule has 1 fully saturated rings. The van der Waals surface area contributed by atoms with Crippen LogP contribution in [0.25, 0.3) is 0 Å². The van der Waals surface area contributed by atoms with Gasteiger partial charge in [-0.15, -0.1) is 0 Å². The number of morpholine rings is 1. The van der Waals surface area contributed by atoms with Crippen molar-refractivity contribution in [3.63, 3.8) is 0 Å². The molecule has 0 radical (unpaired) electrons. The number of anilines is 1. The number of nitrogens with one attached hydrogen (secondary N) is 1. The lowest BCUT2D eigenvalue weighted by atomic mass is 10.2. The summed E-state index contributed by atoms with van der Waals surface area (Å²) in [6.45, 7) is 5.00. The van der Waals surface area contributed by atoms with Crippen molar-refractivity contribution in [2.45, 2.75) is 6.54 Å². The largest absolute Gasteiger partial charge is 0.492 e. The molecule has 0 saturated carbocycles. The van der Waals surface area contributed by atoms with E-state index in [2.05, 4.69) is 10.2 Å². The Labute approximate surface area is 167 Å². The molecule has 1 heterocycles.